The molecular formula is C36H41N5O4. The number of hydrogen-bond donors (Lipinski definition) is 2. The summed E-state index contributed by atoms with van der Waals surface area (Å²) in [5.74, 6) is 0.467. The minimum Gasteiger partial charge on any atom is -0.497 e. The zero-order chi connectivity index (χ0) is 31.4. The number of hydrogen-bond acceptors (Lipinski definition) is 6. The maximum absolute atomic E-state index is 14.2. The molecule has 4 aromatic rings. The van der Waals surface area contributed by atoms with Crippen molar-refractivity contribution in [3.63, 3.8) is 0 Å². The molecule has 9 nitrogen and oxygen atoms in total. The summed E-state index contributed by atoms with van der Waals surface area (Å²) in [6, 6.07) is 27.2. The monoisotopic (exact) mass is 607 g/mol. The molecule has 2 saturated heterocycles. The number of piperazine rings is 1. The highest BCUT2D eigenvalue weighted by atomic mass is 16.5. The molecule has 0 radical (unpaired) electrons. The first-order chi connectivity index (χ1) is 21.9. The third-order valence-corrected chi connectivity index (χ3v) is 9.24. The lowest BCUT2D eigenvalue weighted by molar-refractivity contribution is -0.164. The van der Waals surface area contributed by atoms with Crippen LogP contribution >= 0.6 is 0 Å². The highest BCUT2D eigenvalue weighted by molar-refractivity contribution is 6.00. The van der Waals surface area contributed by atoms with Gasteiger partial charge in [0.05, 0.1) is 32.1 Å². The van der Waals surface area contributed by atoms with Gasteiger partial charge in [-0.3, -0.25) is 19.6 Å². The van der Waals surface area contributed by atoms with Crippen LogP contribution in [-0.2, 0) is 27.5 Å². The molecule has 6 rings (SSSR count). The van der Waals surface area contributed by atoms with Gasteiger partial charge in [-0.2, -0.15) is 5.10 Å². The lowest BCUT2D eigenvalue weighted by Crippen LogP contribution is -2.73. The predicted molar refractivity (Wildman–Crippen MR) is 171 cm³/mol. The molecule has 2 aliphatic heterocycles. The van der Waals surface area contributed by atoms with Crippen molar-refractivity contribution in [2.45, 2.75) is 57.5 Å². The van der Waals surface area contributed by atoms with E-state index in [1.54, 1.807) is 12.0 Å². The first-order valence-corrected chi connectivity index (χ1v) is 15.6. The van der Waals surface area contributed by atoms with E-state index in [9.17, 15) is 9.59 Å². The van der Waals surface area contributed by atoms with E-state index in [0.717, 1.165) is 28.1 Å². The first kappa shape index (κ1) is 30.6. The van der Waals surface area contributed by atoms with E-state index < -0.39 is 11.6 Å². The lowest BCUT2D eigenvalue weighted by atomic mass is 9.80. The molecule has 1 aromatic heterocycles. The number of ether oxygens (including phenoxy) is 2. The molecule has 3 heterocycles. The SMILES string of the molecule is COc1cccc(CN2C(=O)C(COCc3ccccc3)NC(=O)C23CCN(C(c2ccccc2)c2c(C)n[nH]c2C)CC3)c1. The fourth-order valence-corrected chi connectivity index (χ4v) is 6.85. The molecule has 0 saturated carbocycles. The number of H-pyrrole nitrogens is 1. The number of benzene rings is 3. The van der Waals surface area contributed by atoms with E-state index >= 15 is 0 Å². The Morgan fingerprint density at radius 2 is 1.62 bits per heavy atom. The van der Waals surface area contributed by atoms with Crippen LogP contribution in [0.15, 0.2) is 84.9 Å². The fourth-order valence-electron chi connectivity index (χ4n) is 6.85. The van der Waals surface area contributed by atoms with Crippen molar-refractivity contribution in [1.82, 2.24) is 25.3 Å². The molecule has 9 heteroatoms. The van der Waals surface area contributed by atoms with Gasteiger partial charge in [0.25, 0.3) is 0 Å². The third kappa shape index (κ3) is 6.23. The predicted octanol–water partition coefficient (Wildman–Crippen LogP) is 4.70. The summed E-state index contributed by atoms with van der Waals surface area (Å²) in [4.78, 5) is 32.6. The second-order valence-electron chi connectivity index (χ2n) is 12.0. The van der Waals surface area contributed by atoms with Gasteiger partial charge < -0.3 is 19.7 Å². The molecular weight excluding hydrogens is 566 g/mol. The summed E-state index contributed by atoms with van der Waals surface area (Å²) in [5, 5.41) is 10.7. The number of nitrogens with zero attached hydrogens (tertiary/aromatic N) is 3. The van der Waals surface area contributed by atoms with Crippen molar-refractivity contribution < 1.29 is 19.1 Å². The van der Waals surface area contributed by atoms with Crippen LogP contribution in [-0.4, -0.2) is 70.2 Å². The molecule has 2 N–H and O–H groups in total. The Hall–Kier alpha value is -4.47. The van der Waals surface area contributed by atoms with Gasteiger partial charge in [0.15, 0.2) is 0 Å². The van der Waals surface area contributed by atoms with Gasteiger partial charge in [-0.1, -0.05) is 72.8 Å². The minimum atomic E-state index is -0.978. The van der Waals surface area contributed by atoms with Crippen LogP contribution < -0.4 is 10.1 Å². The lowest BCUT2D eigenvalue weighted by Gasteiger charge is -2.52. The molecule has 3 aromatic carbocycles. The van der Waals surface area contributed by atoms with Crippen molar-refractivity contribution in [3.8, 4) is 5.75 Å². The van der Waals surface area contributed by atoms with E-state index in [1.165, 1.54) is 5.56 Å². The van der Waals surface area contributed by atoms with Crippen LogP contribution in [0.2, 0.25) is 0 Å². The van der Waals surface area contributed by atoms with Crippen LogP contribution in [0.1, 0.15) is 52.5 Å². The zero-order valence-corrected chi connectivity index (χ0v) is 26.2. The number of amides is 2. The summed E-state index contributed by atoms with van der Waals surface area (Å²) in [6.45, 7) is 6.13. The smallest absolute Gasteiger partial charge is 0.248 e. The number of carbonyl (C=O) groups excluding carboxylic acids is 2. The summed E-state index contributed by atoms with van der Waals surface area (Å²) in [6.07, 6.45) is 1.01. The van der Waals surface area contributed by atoms with Crippen molar-refractivity contribution in [2.75, 3.05) is 26.8 Å². The average molecular weight is 608 g/mol. The number of methoxy groups -OCH3 is 1. The van der Waals surface area contributed by atoms with E-state index in [1.807, 2.05) is 67.6 Å². The molecule has 45 heavy (non-hydrogen) atoms. The Balaban J connectivity index is 1.27. The van der Waals surface area contributed by atoms with Crippen LogP contribution in [0, 0.1) is 13.8 Å². The molecule has 2 amide bonds. The quantitative estimate of drug-likeness (QED) is 0.271. The van der Waals surface area contributed by atoms with Gasteiger partial charge in [-0.15, -0.1) is 0 Å². The number of aryl methyl sites for hydroxylation is 2. The van der Waals surface area contributed by atoms with E-state index in [2.05, 4.69) is 51.6 Å². The molecule has 234 valence electrons. The number of rotatable bonds is 10. The molecule has 2 fully saturated rings. The zero-order valence-electron chi connectivity index (χ0n) is 26.2. The summed E-state index contributed by atoms with van der Waals surface area (Å²) < 4.78 is 11.4. The second-order valence-corrected chi connectivity index (χ2v) is 12.0. The van der Waals surface area contributed by atoms with Crippen LogP contribution in [0.25, 0.3) is 0 Å². The van der Waals surface area contributed by atoms with Gasteiger partial charge >= 0.3 is 0 Å². The molecule has 2 aliphatic rings. The Morgan fingerprint density at radius 1 is 0.933 bits per heavy atom. The Labute approximate surface area is 264 Å². The summed E-state index contributed by atoms with van der Waals surface area (Å²) in [7, 11) is 1.63. The molecule has 0 bridgehead atoms. The van der Waals surface area contributed by atoms with E-state index in [4.69, 9.17) is 9.47 Å². The van der Waals surface area contributed by atoms with Gasteiger partial charge in [-0.05, 0) is 55.5 Å². The maximum atomic E-state index is 14.2. The number of likely N-dealkylation sites (tertiary alicyclic amines) is 1. The van der Waals surface area contributed by atoms with Crippen molar-refractivity contribution >= 4 is 11.8 Å². The van der Waals surface area contributed by atoms with E-state index in [-0.39, 0.29) is 24.5 Å². The largest absolute Gasteiger partial charge is 0.497 e. The average Bonchev–Trinajstić information content (AvgIpc) is 3.40. The first-order valence-electron chi connectivity index (χ1n) is 15.6. The standard InChI is InChI=1S/C36H41N5O4/c1-25-32(26(2)39-38-25)33(29-14-8-5-9-15-29)40-19-17-36(18-20-40)35(43)37-31(24-45-23-27-11-6-4-7-12-27)34(42)41(36)22-28-13-10-16-30(21-28)44-3/h4-16,21,31,33H,17-20,22-24H2,1-3H3,(H,37,43)(H,38,39). The van der Waals surface area contributed by atoms with Gasteiger partial charge in [-0.25, -0.2) is 0 Å². The fraction of sp³-hybridized carbons (Fsp3) is 0.361. The Morgan fingerprint density at radius 3 is 2.29 bits per heavy atom. The maximum Gasteiger partial charge on any atom is 0.248 e. The van der Waals surface area contributed by atoms with Crippen LogP contribution in [0.4, 0.5) is 0 Å². The molecule has 2 unspecified atom stereocenters. The highest BCUT2D eigenvalue weighted by Crippen LogP contribution is 2.40. The van der Waals surface area contributed by atoms with Gasteiger partial charge in [0.1, 0.15) is 17.3 Å². The topological polar surface area (TPSA) is 99.8 Å². The number of nitrogens with one attached hydrogen (secondary N) is 2. The van der Waals surface area contributed by atoms with Crippen LogP contribution in [0.3, 0.4) is 0 Å². The van der Waals surface area contributed by atoms with Crippen molar-refractivity contribution in [3.05, 3.63) is 119 Å². The normalized spacial score (nSPS) is 19.0. The number of aromatic amines is 1. The van der Waals surface area contributed by atoms with Crippen molar-refractivity contribution in [2.24, 2.45) is 0 Å². The van der Waals surface area contributed by atoms with Crippen LogP contribution in [0.5, 0.6) is 5.75 Å². The summed E-state index contributed by atoms with van der Waals surface area (Å²) in [5.41, 5.74) is 5.28. The Kier molecular flexibility index (Phi) is 9.00. The number of aromatic nitrogens is 2. The Bertz CT molecular complexity index is 1600. The second kappa shape index (κ2) is 13.3. The number of piperidine rings is 1. The van der Waals surface area contributed by atoms with Gasteiger partial charge in [0.2, 0.25) is 11.8 Å². The van der Waals surface area contributed by atoms with E-state index in [0.29, 0.717) is 44.8 Å². The molecule has 2 atom stereocenters. The number of carbonyl (C=O) groups is 2. The molecule has 1 spiro atoms. The highest BCUT2D eigenvalue weighted by Gasteiger charge is 2.54. The van der Waals surface area contributed by atoms with Gasteiger partial charge in [0, 0.05) is 30.9 Å². The minimum absolute atomic E-state index is 0.0179. The third-order valence-electron chi connectivity index (χ3n) is 9.24. The molecule has 0 aliphatic carbocycles. The summed E-state index contributed by atoms with van der Waals surface area (Å²) >= 11 is 0. The van der Waals surface area contributed by atoms with Crippen molar-refractivity contribution in [1.29, 1.82) is 0 Å².